The van der Waals surface area contributed by atoms with Gasteiger partial charge in [0.2, 0.25) is 10.0 Å². The lowest BCUT2D eigenvalue weighted by Crippen LogP contribution is -2.18. The molecule has 0 atom stereocenters. The third kappa shape index (κ3) is 3.47. The molecule has 2 aromatic rings. The number of carboxylic acids is 1. The molecular formula is C12H14N2O5S. The first kappa shape index (κ1) is 14.3. The molecule has 0 aliphatic rings. The lowest BCUT2D eigenvalue weighted by Gasteiger charge is -2.06. The maximum Gasteiger partial charge on any atom is 0.304 e. The monoisotopic (exact) mass is 298 g/mol. The smallest absolute Gasteiger partial charge is 0.304 e. The van der Waals surface area contributed by atoms with Gasteiger partial charge in [-0.25, -0.2) is 13.4 Å². The van der Waals surface area contributed by atoms with Gasteiger partial charge in [0.1, 0.15) is 5.52 Å². The molecule has 2 N–H and O–H groups in total. The zero-order valence-corrected chi connectivity index (χ0v) is 11.6. The highest BCUT2D eigenvalue weighted by Gasteiger charge is 2.14. The summed E-state index contributed by atoms with van der Waals surface area (Å²) in [5.74, 6) is -1.06. The Morgan fingerprint density at radius 2 is 2.20 bits per heavy atom. The molecular weight excluding hydrogens is 284 g/mol. The van der Waals surface area contributed by atoms with Crippen molar-refractivity contribution in [1.82, 2.24) is 4.98 Å². The number of oxazole rings is 1. The Bertz CT molecular complexity index is 735. The number of hydrogen-bond acceptors (Lipinski definition) is 5. The number of rotatable bonds is 6. The molecule has 1 aromatic carbocycles. The Hall–Kier alpha value is -2.09. The maximum atomic E-state index is 11.7. The van der Waals surface area contributed by atoms with Gasteiger partial charge in [-0.1, -0.05) is 6.92 Å². The lowest BCUT2D eigenvalue weighted by molar-refractivity contribution is -0.136. The summed E-state index contributed by atoms with van der Waals surface area (Å²) in [6, 6.07) is 4.72. The Morgan fingerprint density at radius 1 is 1.45 bits per heavy atom. The number of anilines is 1. The Morgan fingerprint density at radius 3 is 2.85 bits per heavy atom. The largest absolute Gasteiger partial charge is 0.481 e. The number of fused-ring (bicyclic) bond motifs is 1. The van der Waals surface area contributed by atoms with E-state index >= 15 is 0 Å². The molecule has 7 nitrogen and oxygen atoms in total. The van der Waals surface area contributed by atoms with Gasteiger partial charge in [0.25, 0.3) is 0 Å². The average molecular weight is 298 g/mol. The molecule has 0 fully saturated rings. The van der Waals surface area contributed by atoms with E-state index < -0.39 is 28.2 Å². The van der Waals surface area contributed by atoms with Gasteiger partial charge in [-0.2, -0.15) is 0 Å². The minimum absolute atomic E-state index is 0.332. The van der Waals surface area contributed by atoms with Crippen molar-refractivity contribution in [1.29, 1.82) is 0 Å². The minimum atomic E-state index is -3.69. The standard InChI is InChI=1S/C12H14N2O5S/c1-2-11-13-9-7-8(3-4-10(9)19-11)14-20(17,18)6-5-12(15)16/h3-4,7,14H,2,5-6H2,1H3,(H,15,16). The zero-order chi connectivity index (χ0) is 14.8. The number of nitrogens with one attached hydrogen (secondary N) is 1. The first-order valence-corrected chi connectivity index (χ1v) is 7.66. The van der Waals surface area contributed by atoms with Crippen LogP contribution in [0.2, 0.25) is 0 Å². The highest BCUT2D eigenvalue weighted by Crippen LogP contribution is 2.21. The molecule has 0 unspecified atom stereocenters. The van der Waals surface area contributed by atoms with E-state index in [2.05, 4.69) is 9.71 Å². The Balaban J connectivity index is 2.18. The number of carboxylic acid groups (broad SMARTS) is 1. The molecule has 0 radical (unpaired) electrons. The van der Waals surface area contributed by atoms with Gasteiger partial charge in [-0.15, -0.1) is 0 Å². The van der Waals surface area contributed by atoms with Crippen LogP contribution in [0.4, 0.5) is 5.69 Å². The van der Waals surface area contributed by atoms with Crippen molar-refractivity contribution >= 4 is 32.8 Å². The summed E-state index contributed by atoms with van der Waals surface area (Å²) in [6.45, 7) is 1.90. The van der Waals surface area contributed by atoms with E-state index in [-0.39, 0.29) is 0 Å². The van der Waals surface area contributed by atoms with Gasteiger partial charge in [0, 0.05) is 6.42 Å². The summed E-state index contributed by atoms with van der Waals surface area (Å²) in [5.41, 5.74) is 1.47. The first-order valence-electron chi connectivity index (χ1n) is 6.01. The highest BCUT2D eigenvalue weighted by molar-refractivity contribution is 7.92. The molecule has 8 heteroatoms. The number of aryl methyl sites for hydroxylation is 1. The predicted octanol–water partition coefficient (Wildman–Crippen LogP) is 1.61. The van der Waals surface area contributed by atoms with E-state index in [1.54, 1.807) is 18.2 Å². The van der Waals surface area contributed by atoms with E-state index in [0.29, 0.717) is 29.1 Å². The predicted molar refractivity (Wildman–Crippen MR) is 73.0 cm³/mol. The van der Waals surface area contributed by atoms with E-state index in [0.717, 1.165) is 0 Å². The summed E-state index contributed by atoms with van der Waals surface area (Å²) in [5, 5.41) is 8.50. The van der Waals surface area contributed by atoms with Crippen molar-refractivity contribution in [2.75, 3.05) is 10.5 Å². The Kier molecular flexibility index (Phi) is 3.93. The summed E-state index contributed by atoms with van der Waals surface area (Å²) >= 11 is 0. The summed E-state index contributed by atoms with van der Waals surface area (Å²) in [4.78, 5) is 14.6. The maximum absolute atomic E-state index is 11.7. The van der Waals surface area contributed by atoms with Gasteiger partial charge in [0.15, 0.2) is 11.5 Å². The number of nitrogens with zero attached hydrogens (tertiary/aromatic N) is 1. The van der Waals surface area contributed by atoms with Gasteiger partial charge in [-0.05, 0) is 18.2 Å². The molecule has 108 valence electrons. The van der Waals surface area contributed by atoms with Gasteiger partial charge < -0.3 is 9.52 Å². The van der Waals surface area contributed by atoms with Crippen LogP contribution >= 0.6 is 0 Å². The average Bonchev–Trinajstić information content (AvgIpc) is 2.78. The van der Waals surface area contributed by atoms with Crippen molar-refractivity contribution in [3.05, 3.63) is 24.1 Å². The van der Waals surface area contributed by atoms with Crippen LogP contribution in [0.25, 0.3) is 11.1 Å². The second kappa shape index (κ2) is 5.49. The van der Waals surface area contributed by atoms with Crippen LogP contribution < -0.4 is 4.72 Å². The van der Waals surface area contributed by atoms with Crippen molar-refractivity contribution in [3.63, 3.8) is 0 Å². The fourth-order valence-electron chi connectivity index (χ4n) is 1.64. The minimum Gasteiger partial charge on any atom is -0.481 e. The van der Waals surface area contributed by atoms with Crippen molar-refractivity contribution < 1.29 is 22.7 Å². The van der Waals surface area contributed by atoms with Crippen LogP contribution in [-0.4, -0.2) is 30.2 Å². The van der Waals surface area contributed by atoms with Crippen molar-refractivity contribution in [3.8, 4) is 0 Å². The topological polar surface area (TPSA) is 110 Å². The number of hydrogen-bond donors (Lipinski definition) is 2. The number of carbonyl (C=O) groups is 1. The van der Waals surface area contributed by atoms with Gasteiger partial charge in [0.05, 0.1) is 17.9 Å². The molecule has 20 heavy (non-hydrogen) atoms. The van der Waals surface area contributed by atoms with Crippen LogP contribution in [0.5, 0.6) is 0 Å². The van der Waals surface area contributed by atoms with E-state index in [9.17, 15) is 13.2 Å². The molecule has 0 bridgehead atoms. The third-order valence-corrected chi connectivity index (χ3v) is 3.88. The van der Waals surface area contributed by atoms with Gasteiger partial charge in [-0.3, -0.25) is 9.52 Å². The zero-order valence-electron chi connectivity index (χ0n) is 10.8. The van der Waals surface area contributed by atoms with Crippen LogP contribution in [-0.2, 0) is 21.2 Å². The molecule has 1 heterocycles. The van der Waals surface area contributed by atoms with Crippen LogP contribution in [0.1, 0.15) is 19.2 Å². The molecule has 0 amide bonds. The van der Waals surface area contributed by atoms with Gasteiger partial charge >= 0.3 is 5.97 Å². The van der Waals surface area contributed by atoms with Crippen LogP contribution in [0.15, 0.2) is 22.6 Å². The molecule has 1 aromatic heterocycles. The van der Waals surface area contributed by atoms with E-state index in [4.69, 9.17) is 9.52 Å². The molecule has 0 saturated carbocycles. The summed E-state index contributed by atoms with van der Waals surface area (Å²) in [7, 11) is -3.69. The lowest BCUT2D eigenvalue weighted by atomic mass is 10.3. The van der Waals surface area contributed by atoms with Crippen LogP contribution in [0.3, 0.4) is 0 Å². The van der Waals surface area contributed by atoms with Crippen molar-refractivity contribution in [2.45, 2.75) is 19.8 Å². The molecule has 2 rings (SSSR count). The summed E-state index contributed by atoms with van der Waals surface area (Å²) < 4.78 is 31.1. The second-order valence-corrected chi connectivity index (χ2v) is 6.05. The van der Waals surface area contributed by atoms with Crippen molar-refractivity contribution in [2.24, 2.45) is 0 Å². The molecule has 0 aliphatic heterocycles. The van der Waals surface area contributed by atoms with E-state index in [1.807, 2.05) is 6.92 Å². The quantitative estimate of drug-likeness (QED) is 0.838. The number of aromatic nitrogens is 1. The Labute approximate surface area is 115 Å². The fourth-order valence-corrected chi connectivity index (χ4v) is 2.67. The SMILES string of the molecule is CCc1nc2cc(NS(=O)(=O)CCC(=O)O)ccc2o1. The van der Waals surface area contributed by atoms with Crippen LogP contribution in [0, 0.1) is 0 Å². The molecule has 0 saturated heterocycles. The third-order valence-electron chi connectivity index (χ3n) is 2.59. The van der Waals surface area contributed by atoms with E-state index in [1.165, 1.54) is 0 Å². The second-order valence-electron chi connectivity index (χ2n) is 4.21. The molecule has 0 aliphatic carbocycles. The summed E-state index contributed by atoms with van der Waals surface area (Å²) in [6.07, 6.45) is 0.204. The normalized spacial score (nSPS) is 11.7. The molecule has 0 spiro atoms. The number of aliphatic carboxylic acids is 1. The first-order chi connectivity index (χ1) is 9.39. The number of benzene rings is 1. The number of sulfonamides is 1. The fraction of sp³-hybridized carbons (Fsp3) is 0.333. The highest BCUT2D eigenvalue weighted by atomic mass is 32.2.